The molecule has 0 unspecified atom stereocenters. The number of hydrogen-bond acceptors (Lipinski definition) is 3. The molecule has 0 saturated heterocycles. The molecule has 2 aromatic rings. The summed E-state index contributed by atoms with van der Waals surface area (Å²) in [6, 6.07) is 5.59. The Morgan fingerprint density at radius 3 is 2.63 bits per heavy atom. The van der Waals surface area contributed by atoms with E-state index in [0.29, 0.717) is 12.2 Å². The largest absolute Gasteiger partial charge is 0.304 e. The van der Waals surface area contributed by atoms with Crippen LogP contribution in [0.4, 0.5) is 0 Å². The first-order valence-electron chi connectivity index (χ1n) is 5.52. The molecular weight excluding hydrogens is 309 g/mol. The Kier molecular flexibility index (Phi) is 4.06. The van der Waals surface area contributed by atoms with Crippen molar-refractivity contribution in [1.29, 1.82) is 0 Å². The van der Waals surface area contributed by atoms with Crippen LogP contribution in [0.3, 0.4) is 0 Å². The van der Waals surface area contributed by atoms with E-state index in [1.54, 1.807) is 10.5 Å². The van der Waals surface area contributed by atoms with Crippen LogP contribution in [-0.4, -0.2) is 38.0 Å². The second kappa shape index (κ2) is 5.29. The van der Waals surface area contributed by atoms with Crippen molar-refractivity contribution in [3.05, 3.63) is 35.8 Å². The number of halogens is 3. The number of hydrogen-bond donors (Lipinski definition) is 0. The third kappa shape index (κ3) is 3.03. The van der Waals surface area contributed by atoms with E-state index in [0.717, 1.165) is 5.69 Å². The maximum absolute atomic E-state index is 12.1. The normalized spacial score (nSPS) is 12.3. The van der Waals surface area contributed by atoms with Gasteiger partial charge in [0.15, 0.2) is 0 Å². The summed E-state index contributed by atoms with van der Waals surface area (Å²) in [4.78, 5) is 18.3. The van der Waals surface area contributed by atoms with E-state index < -0.39 is 9.58 Å². The van der Waals surface area contributed by atoms with Gasteiger partial charge in [0, 0.05) is 12.2 Å². The van der Waals surface area contributed by atoms with Crippen molar-refractivity contribution < 1.29 is 4.79 Å². The molecule has 0 aromatic carbocycles. The van der Waals surface area contributed by atoms with Crippen LogP contribution in [0.25, 0.3) is 5.65 Å². The Balaban J connectivity index is 2.60. The van der Waals surface area contributed by atoms with Crippen LogP contribution >= 0.6 is 34.8 Å². The highest BCUT2D eigenvalue weighted by atomic mass is 35.6. The fraction of sp³-hybridized carbons (Fsp3) is 0.333. The van der Waals surface area contributed by atoms with E-state index in [1.807, 2.05) is 31.1 Å². The van der Waals surface area contributed by atoms with Crippen LogP contribution in [0.1, 0.15) is 16.2 Å². The minimum Gasteiger partial charge on any atom is -0.304 e. The predicted molar refractivity (Wildman–Crippen MR) is 77.2 cm³/mol. The van der Waals surface area contributed by atoms with Crippen molar-refractivity contribution in [2.24, 2.45) is 0 Å². The van der Waals surface area contributed by atoms with Gasteiger partial charge in [-0.1, -0.05) is 40.9 Å². The smallest absolute Gasteiger partial charge is 0.255 e. The molecule has 0 aliphatic rings. The molecule has 0 fully saturated rings. The van der Waals surface area contributed by atoms with E-state index in [9.17, 15) is 4.79 Å². The summed E-state index contributed by atoms with van der Waals surface area (Å²) < 4.78 is -0.272. The lowest BCUT2D eigenvalue weighted by Gasteiger charge is -2.14. The third-order valence-corrected chi connectivity index (χ3v) is 3.09. The molecule has 0 amide bonds. The van der Waals surface area contributed by atoms with Crippen molar-refractivity contribution in [3.8, 4) is 0 Å². The standard InChI is InChI=1S/C12H12Cl3N3O/c1-17(2)7-8-4-3-5-10-16-6-9(18(8)10)11(19)12(13,14)15/h3-6H,7H2,1-2H3. The van der Waals surface area contributed by atoms with Crippen LogP contribution in [0.5, 0.6) is 0 Å². The Morgan fingerprint density at radius 2 is 2.05 bits per heavy atom. The van der Waals surface area contributed by atoms with Crippen LogP contribution in [-0.2, 0) is 6.54 Å². The number of alkyl halides is 3. The molecule has 0 aliphatic heterocycles. The van der Waals surface area contributed by atoms with Crippen molar-refractivity contribution in [2.75, 3.05) is 14.1 Å². The maximum Gasteiger partial charge on any atom is 0.255 e. The fourth-order valence-electron chi connectivity index (χ4n) is 1.86. The van der Waals surface area contributed by atoms with Gasteiger partial charge in [-0.2, -0.15) is 0 Å². The summed E-state index contributed by atoms with van der Waals surface area (Å²) in [5, 5.41) is 0. The van der Waals surface area contributed by atoms with Gasteiger partial charge in [-0.05, 0) is 26.2 Å². The number of imidazole rings is 1. The molecule has 0 atom stereocenters. The molecule has 19 heavy (non-hydrogen) atoms. The summed E-state index contributed by atoms with van der Waals surface area (Å²) >= 11 is 17.0. The number of carbonyl (C=O) groups excluding carboxylic acids is 1. The van der Waals surface area contributed by atoms with Crippen molar-refractivity contribution in [1.82, 2.24) is 14.3 Å². The Bertz CT molecular complexity index is 616. The lowest BCUT2D eigenvalue weighted by molar-refractivity contribution is 0.0990. The molecule has 0 radical (unpaired) electrons. The molecule has 7 heteroatoms. The van der Waals surface area contributed by atoms with Crippen molar-refractivity contribution >= 4 is 46.2 Å². The number of fused-ring (bicyclic) bond motifs is 1. The van der Waals surface area contributed by atoms with Gasteiger partial charge < -0.3 is 4.90 Å². The minimum absolute atomic E-state index is 0.271. The monoisotopic (exact) mass is 319 g/mol. The molecule has 102 valence electrons. The van der Waals surface area contributed by atoms with Crippen molar-refractivity contribution in [2.45, 2.75) is 10.3 Å². The maximum atomic E-state index is 12.1. The van der Waals surface area contributed by atoms with E-state index in [-0.39, 0.29) is 5.69 Å². The molecule has 4 nitrogen and oxygen atoms in total. The first-order valence-corrected chi connectivity index (χ1v) is 6.65. The van der Waals surface area contributed by atoms with Crippen LogP contribution in [0.2, 0.25) is 0 Å². The van der Waals surface area contributed by atoms with Crippen LogP contribution in [0, 0.1) is 0 Å². The van der Waals surface area contributed by atoms with E-state index in [2.05, 4.69) is 4.98 Å². The highest BCUT2D eigenvalue weighted by Gasteiger charge is 2.34. The lowest BCUT2D eigenvalue weighted by atomic mass is 10.3. The topological polar surface area (TPSA) is 37.6 Å². The molecule has 0 N–H and O–H groups in total. The number of carbonyl (C=O) groups is 1. The lowest BCUT2D eigenvalue weighted by Crippen LogP contribution is -2.22. The first-order chi connectivity index (χ1) is 8.80. The predicted octanol–water partition coefficient (Wildman–Crippen LogP) is 2.95. The zero-order valence-electron chi connectivity index (χ0n) is 10.4. The van der Waals surface area contributed by atoms with Crippen LogP contribution < -0.4 is 0 Å². The molecule has 0 bridgehead atoms. The molecule has 2 aromatic heterocycles. The Hall–Kier alpha value is -0.810. The Labute approximate surface area is 125 Å². The number of aromatic nitrogens is 2. The van der Waals surface area contributed by atoms with Crippen LogP contribution in [0.15, 0.2) is 24.4 Å². The minimum atomic E-state index is -1.98. The average Bonchev–Trinajstić information content (AvgIpc) is 2.70. The zero-order valence-corrected chi connectivity index (χ0v) is 12.7. The second-order valence-corrected chi connectivity index (χ2v) is 6.70. The van der Waals surface area contributed by atoms with E-state index in [1.165, 1.54) is 6.20 Å². The zero-order chi connectivity index (χ0) is 14.2. The first kappa shape index (κ1) is 14.6. The summed E-state index contributed by atoms with van der Waals surface area (Å²) in [7, 11) is 3.87. The molecule has 0 saturated carbocycles. The number of Topliss-reactive ketones (excluding diaryl/α,β-unsaturated/α-hetero) is 1. The fourth-order valence-corrected chi connectivity index (χ4v) is 2.15. The second-order valence-electron chi connectivity index (χ2n) is 4.42. The summed E-state index contributed by atoms with van der Waals surface area (Å²) in [5.41, 5.74) is 1.82. The SMILES string of the molecule is CN(C)Cc1cccc2ncc(C(=O)C(Cl)(Cl)Cl)n12. The molecule has 0 aliphatic carbocycles. The van der Waals surface area contributed by atoms with Crippen molar-refractivity contribution in [3.63, 3.8) is 0 Å². The van der Waals surface area contributed by atoms with Gasteiger partial charge in [-0.15, -0.1) is 0 Å². The summed E-state index contributed by atoms with van der Waals surface area (Å²) in [6.45, 7) is 0.647. The molecule has 2 rings (SSSR count). The summed E-state index contributed by atoms with van der Waals surface area (Å²) in [5.74, 6) is -0.587. The number of rotatable bonds is 3. The highest BCUT2D eigenvalue weighted by Crippen LogP contribution is 2.31. The average molecular weight is 321 g/mol. The van der Waals surface area contributed by atoms with Gasteiger partial charge in [0.05, 0.1) is 6.20 Å². The number of ketones is 1. The highest BCUT2D eigenvalue weighted by molar-refractivity contribution is 6.77. The molecular formula is C12H12Cl3N3O. The number of nitrogens with zero attached hydrogens (tertiary/aromatic N) is 3. The third-order valence-electron chi connectivity index (χ3n) is 2.58. The van der Waals surface area contributed by atoms with Gasteiger partial charge >= 0.3 is 0 Å². The van der Waals surface area contributed by atoms with Gasteiger partial charge in [-0.3, -0.25) is 9.20 Å². The molecule has 2 heterocycles. The van der Waals surface area contributed by atoms with Gasteiger partial charge in [0.1, 0.15) is 11.3 Å². The Morgan fingerprint density at radius 1 is 1.37 bits per heavy atom. The van der Waals surface area contributed by atoms with Gasteiger partial charge in [0.25, 0.3) is 3.79 Å². The van der Waals surface area contributed by atoms with Gasteiger partial charge in [-0.25, -0.2) is 4.98 Å². The number of pyridine rings is 1. The van der Waals surface area contributed by atoms with Gasteiger partial charge in [0.2, 0.25) is 5.78 Å². The van der Waals surface area contributed by atoms with E-state index >= 15 is 0 Å². The molecule has 0 spiro atoms. The quantitative estimate of drug-likeness (QED) is 0.644. The summed E-state index contributed by atoms with van der Waals surface area (Å²) in [6.07, 6.45) is 1.43. The van der Waals surface area contributed by atoms with E-state index in [4.69, 9.17) is 34.8 Å².